The molecule has 0 aromatic carbocycles. The fourth-order valence-corrected chi connectivity index (χ4v) is 1.95. The van der Waals surface area contributed by atoms with E-state index < -0.39 is 0 Å². The number of likely N-dealkylation sites (tertiary alicyclic amines) is 1. The molecule has 1 rings (SSSR count). The molecular formula is C10H20N2O. The predicted molar refractivity (Wildman–Crippen MR) is 53.6 cm³/mol. The van der Waals surface area contributed by atoms with Crippen LogP contribution in [0.5, 0.6) is 0 Å². The Kier molecular flexibility index (Phi) is 3.72. The summed E-state index contributed by atoms with van der Waals surface area (Å²) in [7, 11) is 2.05. The Morgan fingerprint density at radius 1 is 1.54 bits per heavy atom. The highest BCUT2D eigenvalue weighted by Crippen LogP contribution is 2.15. The fraction of sp³-hybridized carbons (Fsp3) is 0.900. The summed E-state index contributed by atoms with van der Waals surface area (Å²) < 4.78 is 0. The molecule has 76 valence electrons. The Morgan fingerprint density at radius 2 is 2.23 bits per heavy atom. The Labute approximate surface area is 80.7 Å². The van der Waals surface area contributed by atoms with Crippen LogP contribution in [-0.2, 0) is 4.79 Å². The molecule has 0 aliphatic carbocycles. The second-order valence-electron chi connectivity index (χ2n) is 3.70. The van der Waals surface area contributed by atoms with Crippen LogP contribution in [0.4, 0.5) is 0 Å². The van der Waals surface area contributed by atoms with Crippen molar-refractivity contribution in [3.63, 3.8) is 0 Å². The largest absolute Gasteiger partial charge is 0.342 e. The quantitative estimate of drug-likeness (QED) is 0.649. The molecule has 0 bridgehead atoms. The van der Waals surface area contributed by atoms with Gasteiger partial charge in [0.15, 0.2) is 0 Å². The molecule has 1 fully saturated rings. The lowest BCUT2D eigenvalue weighted by molar-refractivity contribution is -0.131. The first-order chi connectivity index (χ1) is 6.20. The topological polar surface area (TPSA) is 23.6 Å². The number of carbonyl (C=O) groups is 1. The molecular weight excluding hydrogens is 164 g/mol. The van der Waals surface area contributed by atoms with Crippen LogP contribution in [0.2, 0.25) is 0 Å². The number of hydrogen-bond acceptors (Lipinski definition) is 2. The Bertz CT molecular complexity index is 182. The van der Waals surface area contributed by atoms with Crippen LogP contribution in [0.25, 0.3) is 0 Å². The van der Waals surface area contributed by atoms with E-state index in [9.17, 15) is 4.79 Å². The summed E-state index contributed by atoms with van der Waals surface area (Å²) in [5.74, 6) is 0.318. The molecule has 1 amide bonds. The molecule has 0 N–H and O–H groups in total. The van der Waals surface area contributed by atoms with Crippen molar-refractivity contribution < 1.29 is 4.79 Å². The van der Waals surface area contributed by atoms with Gasteiger partial charge in [-0.05, 0) is 33.4 Å². The van der Waals surface area contributed by atoms with Crippen LogP contribution in [0.3, 0.4) is 0 Å². The molecule has 1 saturated heterocycles. The average Bonchev–Trinajstić information content (AvgIpc) is 2.47. The molecule has 0 aromatic rings. The van der Waals surface area contributed by atoms with Gasteiger partial charge in [0.25, 0.3) is 0 Å². The molecule has 13 heavy (non-hydrogen) atoms. The summed E-state index contributed by atoms with van der Waals surface area (Å²) in [4.78, 5) is 15.9. The summed E-state index contributed by atoms with van der Waals surface area (Å²) in [6, 6.07) is 0.153. The van der Waals surface area contributed by atoms with E-state index in [1.165, 1.54) is 0 Å². The van der Waals surface area contributed by atoms with E-state index in [1.807, 2.05) is 18.9 Å². The first-order valence-corrected chi connectivity index (χ1v) is 5.19. The molecule has 1 aliphatic heterocycles. The maximum Gasteiger partial charge on any atom is 0.239 e. The third kappa shape index (κ3) is 2.21. The third-order valence-electron chi connectivity index (χ3n) is 2.76. The maximum absolute atomic E-state index is 11.7. The minimum absolute atomic E-state index is 0.153. The second kappa shape index (κ2) is 4.61. The zero-order valence-corrected chi connectivity index (χ0v) is 8.92. The number of likely N-dealkylation sites (N-methyl/N-ethyl adjacent to an activating group) is 2. The molecule has 1 unspecified atom stereocenters. The number of nitrogens with zero attached hydrogens (tertiary/aromatic N) is 2. The van der Waals surface area contributed by atoms with Gasteiger partial charge in [-0.1, -0.05) is 6.92 Å². The fourth-order valence-electron chi connectivity index (χ4n) is 1.95. The maximum atomic E-state index is 11.7. The predicted octanol–water partition coefficient (Wildman–Crippen LogP) is 0.949. The van der Waals surface area contributed by atoms with Crippen molar-refractivity contribution in [1.29, 1.82) is 0 Å². The van der Waals surface area contributed by atoms with Gasteiger partial charge in [0.1, 0.15) is 0 Å². The van der Waals surface area contributed by atoms with E-state index in [0.717, 1.165) is 32.5 Å². The highest BCUT2D eigenvalue weighted by molar-refractivity contribution is 5.83. The second-order valence-corrected chi connectivity index (χ2v) is 3.70. The van der Waals surface area contributed by atoms with Gasteiger partial charge in [0, 0.05) is 13.1 Å². The van der Waals surface area contributed by atoms with Gasteiger partial charge in [-0.25, -0.2) is 0 Å². The first-order valence-electron chi connectivity index (χ1n) is 5.19. The van der Waals surface area contributed by atoms with Crippen LogP contribution >= 0.6 is 0 Å². The van der Waals surface area contributed by atoms with Crippen molar-refractivity contribution in [2.45, 2.75) is 32.7 Å². The smallest absolute Gasteiger partial charge is 0.239 e. The van der Waals surface area contributed by atoms with Gasteiger partial charge in [0.2, 0.25) is 5.91 Å². The van der Waals surface area contributed by atoms with Crippen LogP contribution in [-0.4, -0.2) is 48.4 Å². The zero-order chi connectivity index (χ0) is 9.84. The highest BCUT2D eigenvalue weighted by atomic mass is 16.2. The lowest BCUT2D eigenvalue weighted by Crippen LogP contribution is -2.39. The van der Waals surface area contributed by atoms with E-state index in [1.54, 1.807) is 0 Å². The minimum Gasteiger partial charge on any atom is -0.342 e. The zero-order valence-electron chi connectivity index (χ0n) is 8.92. The molecule has 3 heteroatoms. The molecule has 0 aromatic heterocycles. The van der Waals surface area contributed by atoms with E-state index in [-0.39, 0.29) is 6.04 Å². The standard InChI is InChI=1S/C10H20N2O/c1-4-7-11(3)9-6-8-12(5-2)10(9)13/h9H,4-8H2,1-3H3. The lowest BCUT2D eigenvalue weighted by atomic mass is 10.2. The van der Waals surface area contributed by atoms with Crippen LogP contribution in [0, 0.1) is 0 Å². The Morgan fingerprint density at radius 3 is 2.69 bits per heavy atom. The van der Waals surface area contributed by atoms with Crippen molar-refractivity contribution in [3.05, 3.63) is 0 Å². The summed E-state index contributed by atoms with van der Waals surface area (Å²) in [5.41, 5.74) is 0. The van der Waals surface area contributed by atoms with Crippen molar-refractivity contribution in [2.24, 2.45) is 0 Å². The normalized spacial score (nSPS) is 23.2. The monoisotopic (exact) mass is 184 g/mol. The molecule has 1 heterocycles. The summed E-state index contributed by atoms with van der Waals surface area (Å²) in [6.45, 7) is 7.00. The van der Waals surface area contributed by atoms with Crippen molar-refractivity contribution >= 4 is 5.91 Å². The van der Waals surface area contributed by atoms with Gasteiger partial charge in [0.05, 0.1) is 6.04 Å². The van der Waals surface area contributed by atoms with E-state index in [4.69, 9.17) is 0 Å². The number of hydrogen-bond donors (Lipinski definition) is 0. The number of amides is 1. The first kappa shape index (κ1) is 10.5. The number of rotatable bonds is 4. The van der Waals surface area contributed by atoms with Crippen molar-refractivity contribution in [3.8, 4) is 0 Å². The molecule has 1 aliphatic rings. The summed E-state index contributed by atoms with van der Waals surface area (Å²) in [6.07, 6.45) is 2.12. The van der Waals surface area contributed by atoms with E-state index >= 15 is 0 Å². The molecule has 0 radical (unpaired) electrons. The van der Waals surface area contributed by atoms with E-state index in [2.05, 4.69) is 11.8 Å². The van der Waals surface area contributed by atoms with Crippen molar-refractivity contribution in [2.75, 3.05) is 26.7 Å². The van der Waals surface area contributed by atoms with Gasteiger partial charge < -0.3 is 4.90 Å². The average molecular weight is 184 g/mol. The summed E-state index contributed by atoms with van der Waals surface area (Å²) >= 11 is 0. The van der Waals surface area contributed by atoms with Gasteiger partial charge in [-0.3, -0.25) is 9.69 Å². The number of carbonyl (C=O) groups excluding carboxylic acids is 1. The molecule has 1 atom stereocenters. The molecule has 0 saturated carbocycles. The van der Waals surface area contributed by atoms with E-state index in [0.29, 0.717) is 5.91 Å². The van der Waals surface area contributed by atoms with Crippen LogP contribution in [0.15, 0.2) is 0 Å². The summed E-state index contributed by atoms with van der Waals surface area (Å²) in [5, 5.41) is 0. The van der Waals surface area contributed by atoms with Crippen LogP contribution < -0.4 is 0 Å². The van der Waals surface area contributed by atoms with Crippen molar-refractivity contribution in [1.82, 2.24) is 9.80 Å². The van der Waals surface area contributed by atoms with Gasteiger partial charge in [-0.15, -0.1) is 0 Å². The Balaban J connectivity index is 2.49. The molecule has 0 spiro atoms. The highest BCUT2D eigenvalue weighted by Gasteiger charge is 2.32. The Hall–Kier alpha value is -0.570. The van der Waals surface area contributed by atoms with Crippen LogP contribution in [0.1, 0.15) is 26.7 Å². The van der Waals surface area contributed by atoms with Gasteiger partial charge >= 0.3 is 0 Å². The van der Waals surface area contributed by atoms with Gasteiger partial charge in [-0.2, -0.15) is 0 Å². The molecule has 3 nitrogen and oxygen atoms in total. The lowest BCUT2D eigenvalue weighted by Gasteiger charge is -2.22. The third-order valence-corrected chi connectivity index (χ3v) is 2.76. The SMILES string of the molecule is CCCN(C)C1CCN(CC)C1=O. The minimum atomic E-state index is 0.153.